The Morgan fingerprint density at radius 1 is 1.43 bits per heavy atom. The molecule has 0 amide bonds. The molecule has 1 rings (SSSR count). The van der Waals surface area contributed by atoms with E-state index in [0.29, 0.717) is 6.61 Å². The van der Waals surface area contributed by atoms with Crippen molar-refractivity contribution in [2.45, 2.75) is 59.0 Å². The van der Waals surface area contributed by atoms with Crippen molar-refractivity contribution in [2.75, 3.05) is 39.9 Å². The second-order valence-electron chi connectivity index (χ2n) is 7.20. The van der Waals surface area contributed by atoms with Gasteiger partial charge in [0.05, 0.1) is 13.2 Å². The van der Waals surface area contributed by atoms with Crippen LogP contribution in [0.1, 0.15) is 47.5 Å². The summed E-state index contributed by atoms with van der Waals surface area (Å²) in [5.41, 5.74) is 0.0987. The van der Waals surface area contributed by atoms with Crippen LogP contribution in [0, 0.1) is 5.92 Å². The number of guanidine groups is 1. The lowest BCUT2D eigenvalue weighted by atomic mass is 9.94. The first-order valence-electron chi connectivity index (χ1n) is 8.68. The lowest BCUT2D eigenvalue weighted by Crippen LogP contribution is -2.51. The number of methoxy groups -OCH3 is 1. The van der Waals surface area contributed by atoms with Crippen LogP contribution in [-0.4, -0.2) is 62.3 Å². The fraction of sp³-hybridized carbons (Fsp3) is 0.941. The van der Waals surface area contributed by atoms with Crippen LogP contribution in [-0.2, 0) is 4.74 Å². The molecule has 138 valence electrons. The third-order valence-corrected chi connectivity index (χ3v) is 4.28. The van der Waals surface area contributed by atoms with Crippen molar-refractivity contribution in [3.8, 4) is 0 Å². The SMILES string of the molecule is CCNC(=NCC(C)(C)N1CCCC(C)C1)NC(C)COC.I. The van der Waals surface area contributed by atoms with Gasteiger partial charge in [-0.05, 0) is 53.0 Å². The fourth-order valence-corrected chi connectivity index (χ4v) is 2.96. The smallest absolute Gasteiger partial charge is 0.191 e. The van der Waals surface area contributed by atoms with Crippen molar-refractivity contribution >= 4 is 29.9 Å². The lowest BCUT2D eigenvalue weighted by molar-refractivity contribution is 0.0774. The Kier molecular flexibility index (Phi) is 11.4. The van der Waals surface area contributed by atoms with Crippen molar-refractivity contribution in [1.82, 2.24) is 15.5 Å². The van der Waals surface area contributed by atoms with Gasteiger partial charge < -0.3 is 15.4 Å². The van der Waals surface area contributed by atoms with Crippen LogP contribution in [0.25, 0.3) is 0 Å². The molecule has 0 saturated carbocycles. The second kappa shape index (κ2) is 11.5. The Morgan fingerprint density at radius 2 is 2.13 bits per heavy atom. The minimum absolute atomic E-state index is 0. The first-order chi connectivity index (χ1) is 10.4. The Balaban J connectivity index is 0.00000484. The summed E-state index contributed by atoms with van der Waals surface area (Å²) in [6, 6.07) is 0.251. The van der Waals surface area contributed by atoms with E-state index in [9.17, 15) is 0 Å². The summed E-state index contributed by atoms with van der Waals surface area (Å²) in [5, 5.41) is 6.72. The highest BCUT2D eigenvalue weighted by Crippen LogP contribution is 2.24. The zero-order valence-electron chi connectivity index (χ0n) is 15.8. The maximum absolute atomic E-state index is 5.18. The largest absolute Gasteiger partial charge is 0.383 e. The predicted molar refractivity (Wildman–Crippen MR) is 110 cm³/mol. The zero-order chi connectivity index (χ0) is 16.6. The molecule has 0 spiro atoms. The molecular formula is C17H37IN4O. The first kappa shape index (κ1) is 22.9. The van der Waals surface area contributed by atoms with E-state index in [4.69, 9.17) is 9.73 Å². The molecule has 1 aliphatic heterocycles. The number of likely N-dealkylation sites (tertiary alicyclic amines) is 1. The van der Waals surface area contributed by atoms with Gasteiger partial charge in [0.25, 0.3) is 0 Å². The van der Waals surface area contributed by atoms with Crippen molar-refractivity contribution in [3.05, 3.63) is 0 Å². The minimum atomic E-state index is 0. The maximum Gasteiger partial charge on any atom is 0.191 e. The van der Waals surface area contributed by atoms with E-state index in [2.05, 4.69) is 50.2 Å². The zero-order valence-corrected chi connectivity index (χ0v) is 18.1. The molecule has 5 nitrogen and oxygen atoms in total. The molecule has 2 atom stereocenters. The quantitative estimate of drug-likeness (QED) is 0.363. The van der Waals surface area contributed by atoms with Crippen molar-refractivity contribution < 1.29 is 4.74 Å². The third kappa shape index (κ3) is 8.54. The summed E-state index contributed by atoms with van der Waals surface area (Å²) in [7, 11) is 1.73. The molecule has 2 N–H and O–H groups in total. The number of piperidine rings is 1. The van der Waals surface area contributed by atoms with Gasteiger partial charge in [0.1, 0.15) is 0 Å². The summed E-state index contributed by atoms with van der Waals surface area (Å²) in [4.78, 5) is 7.39. The fourth-order valence-electron chi connectivity index (χ4n) is 2.96. The lowest BCUT2D eigenvalue weighted by Gasteiger charge is -2.42. The van der Waals surface area contributed by atoms with Crippen LogP contribution in [0.4, 0.5) is 0 Å². The van der Waals surface area contributed by atoms with Crippen LogP contribution in [0.15, 0.2) is 4.99 Å². The first-order valence-corrected chi connectivity index (χ1v) is 8.68. The van der Waals surface area contributed by atoms with E-state index in [-0.39, 0.29) is 35.6 Å². The molecule has 6 heteroatoms. The van der Waals surface area contributed by atoms with Gasteiger partial charge in [0.15, 0.2) is 5.96 Å². The van der Waals surface area contributed by atoms with E-state index in [1.807, 2.05) is 0 Å². The summed E-state index contributed by atoms with van der Waals surface area (Å²) in [6.45, 7) is 15.9. The molecule has 0 aromatic heterocycles. The Morgan fingerprint density at radius 3 is 2.70 bits per heavy atom. The van der Waals surface area contributed by atoms with Crippen LogP contribution in [0.5, 0.6) is 0 Å². The highest BCUT2D eigenvalue weighted by Gasteiger charge is 2.30. The molecule has 1 saturated heterocycles. The summed E-state index contributed by atoms with van der Waals surface area (Å²) in [5.74, 6) is 1.68. The number of halogens is 1. The van der Waals surface area contributed by atoms with Crippen LogP contribution >= 0.6 is 24.0 Å². The average Bonchev–Trinajstić information content (AvgIpc) is 2.45. The van der Waals surface area contributed by atoms with Gasteiger partial charge in [0, 0.05) is 31.8 Å². The van der Waals surface area contributed by atoms with E-state index in [1.54, 1.807) is 7.11 Å². The molecule has 0 aromatic rings. The highest BCUT2D eigenvalue weighted by molar-refractivity contribution is 14.0. The van der Waals surface area contributed by atoms with E-state index in [0.717, 1.165) is 25.0 Å². The molecule has 23 heavy (non-hydrogen) atoms. The van der Waals surface area contributed by atoms with Gasteiger partial charge in [-0.2, -0.15) is 0 Å². The number of nitrogens with one attached hydrogen (secondary N) is 2. The molecular weight excluding hydrogens is 403 g/mol. The number of hydrogen-bond donors (Lipinski definition) is 2. The number of ether oxygens (including phenoxy) is 1. The van der Waals surface area contributed by atoms with Gasteiger partial charge in [-0.3, -0.25) is 9.89 Å². The molecule has 0 aromatic carbocycles. The topological polar surface area (TPSA) is 48.9 Å². The second-order valence-corrected chi connectivity index (χ2v) is 7.20. The van der Waals surface area contributed by atoms with E-state index >= 15 is 0 Å². The van der Waals surface area contributed by atoms with Gasteiger partial charge in [-0.15, -0.1) is 24.0 Å². The van der Waals surface area contributed by atoms with Crippen LogP contribution in [0.2, 0.25) is 0 Å². The summed E-state index contributed by atoms with van der Waals surface area (Å²) >= 11 is 0. The average molecular weight is 440 g/mol. The summed E-state index contributed by atoms with van der Waals surface area (Å²) in [6.07, 6.45) is 2.66. The number of nitrogens with zero attached hydrogens (tertiary/aromatic N) is 2. The van der Waals surface area contributed by atoms with Crippen molar-refractivity contribution in [2.24, 2.45) is 10.9 Å². The van der Waals surface area contributed by atoms with Crippen molar-refractivity contribution in [3.63, 3.8) is 0 Å². The normalized spacial score (nSPS) is 21.5. The molecule has 0 aliphatic carbocycles. The third-order valence-electron chi connectivity index (χ3n) is 4.28. The van der Waals surface area contributed by atoms with E-state index < -0.39 is 0 Å². The number of hydrogen-bond acceptors (Lipinski definition) is 3. The van der Waals surface area contributed by atoms with Crippen molar-refractivity contribution in [1.29, 1.82) is 0 Å². The van der Waals surface area contributed by atoms with E-state index in [1.165, 1.54) is 25.9 Å². The molecule has 0 bridgehead atoms. The monoisotopic (exact) mass is 440 g/mol. The van der Waals surface area contributed by atoms with Gasteiger partial charge in [-0.25, -0.2) is 0 Å². The van der Waals surface area contributed by atoms with Crippen LogP contribution in [0.3, 0.4) is 0 Å². The Bertz CT molecular complexity index is 349. The van der Waals surface area contributed by atoms with Gasteiger partial charge in [-0.1, -0.05) is 6.92 Å². The molecule has 1 heterocycles. The number of aliphatic imine (C=N–C) groups is 1. The molecule has 1 fully saturated rings. The standard InChI is InChI=1S/C17H36N4O.HI/c1-7-18-16(20-15(3)12-22-6)19-13-17(4,5)21-10-8-9-14(2)11-21;/h14-15H,7-13H2,1-6H3,(H2,18,19,20);1H. The minimum Gasteiger partial charge on any atom is -0.383 e. The Labute approximate surface area is 160 Å². The Hall–Kier alpha value is -0.0800. The number of rotatable bonds is 7. The molecule has 0 radical (unpaired) electrons. The van der Waals surface area contributed by atoms with Crippen LogP contribution < -0.4 is 10.6 Å². The molecule has 2 unspecified atom stereocenters. The van der Waals surface area contributed by atoms with Gasteiger partial charge >= 0.3 is 0 Å². The summed E-state index contributed by atoms with van der Waals surface area (Å²) < 4.78 is 5.18. The predicted octanol–water partition coefficient (Wildman–Crippen LogP) is 2.70. The highest BCUT2D eigenvalue weighted by atomic mass is 127. The molecule has 1 aliphatic rings. The maximum atomic E-state index is 5.18. The van der Waals surface area contributed by atoms with Gasteiger partial charge in [0.2, 0.25) is 0 Å².